The van der Waals surface area contributed by atoms with E-state index >= 15 is 4.39 Å². The summed E-state index contributed by atoms with van der Waals surface area (Å²) in [5.41, 5.74) is 4.34. The van der Waals surface area contributed by atoms with E-state index in [2.05, 4.69) is 25.2 Å². The van der Waals surface area contributed by atoms with E-state index in [1.54, 1.807) is 19.3 Å². The van der Waals surface area contributed by atoms with E-state index in [-0.39, 0.29) is 28.1 Å². The number of hydrogen-bond acceptors (Lipinski definition) is 12. The number of rotatable bonds is 9. The number of nitrogens with zero attached hydrogens (tertiary/aromatic N) is 5. The molecule has 0 amide bonds. The number of pyridine rings is 1. The fourth-order valence-electron chi connectivity index (χ4n) is 3.89. The van der Waals surface area contributed by atoms with Gasteiger partial charge in [-0.3, -0.25) is 25.1 Å². The second kappa shape index (κ2) is 11.8. The molecule has 0 aliphatic carbocycles. The molecule has 0 fully saturated rings. The van der Waals surface area contributed by atoms with Crippen molar-refractivity contribution in [1.82, 2.24) is 25.1 Å². The van der Waals surface area contributed by atoms with Gasteiger partial charge in [0, 0.05) is 28.8 Å². The molecule has 0 spiro atoms. The number of hydrogen-bond donors (Lipinski definition) is 5. The lowest BCUT2D eigenvalue weighted by Crippen LogP contribution is -2.21. The number of carboxylic acids is 1. The monoisotopic (exact) mass is 610 g/mol. The molecule has 2 aromatic heterocycles. The van der Waals surface area contributed by atoms with Gasteiger partial charge in [0.25, 0.3) is 11.4 Å². The van der Waals surface area contributed by atoms with E-state index in [9.17, 15) is 19.1 Å². The van der Waals surface area contributed by atoms with Crippen LogP contribution in [0.1, 0.15) is 27.8 Å². The first-order valence-corrected chi connectivity index (χ1v) is 12.9. The standard InChI is InChI=1S/C26H20F2N8O6S/c1-36-7-6-31-22(36)13-9-12(43-26-33-23(38)19(25(39)40)34-35-26)3-5-16(13)41-20-14(27)10-32-24(18(20)28)42-17-8-11(21(29)30)2-4-15(17)37/h2-6,8-10,22,37H,7H2,1H3,(H3,29,30)(H,39,40)(H,33,35,38). The number of ether oxygens (including phenoxy) is 2. The Hall–Kier alpha value is -5.42. The molecule has 1 atom stereocenters. The molecule has 1 aliphatic rings. The van der Waals surface area contributed by atoms with Gasteiger partial charge < -0.3 is 25.4 Å². The van der Waals surface area contributed by atoms with Crippen molar-refractivity contribution < 1.29 is 33.3 Å². The average molecular weight is 611 g/mol. The first-order valence-electron chi connectivity index (χ1n) is 12.1. The number of H-pyrrole nitrogens is 1. The molecule has 220 valence electrons. The van der Waals surface area contributed by atoms with Crippen molar-refractivity contribution in [2.75, 3.05) is 13.6 Å². The molecule has 14 nitrogen and oxygen atoms in total. The third-order valence-electron chi connectivity index (χ3n) is 5.98. The second-order valence-electron chi connectivity index (χ2n) is 8.91. The molecule has 1 aliphatic heterocycles. The lowest BCUT2D eigenvalue weighted by molar-refractivity contribution is 0.0686. The average Bonchev–Trinajstić information content (AvgIpc) is 3.39. The molecule has 0 saturated carbocycles. The molecule has 43 heavy (non-hydrogen) atoms. The van der Waals surface area contributed by atoms with E-state index in [4.69, 9.17) is 25.7 Å². The summed E-state index contributed by atoms with van der Waals surface area (Å²) in [5.74, 6) is -6.54. The van der Waals surface area contributed by atoms with Crippen molar-refractivity contribution in [3.05, 3.63) is 81.4 Å². The number of aromatic amines is 1. The molecule has 4 aromatic rings. The molecule has 0 saturated heterocycles. The van der Waals surface area contributed by atoms with E-state index < -0.39 is 52.4 Å². The summed E-state index contributed by atoms with van der Waals surface area (Å²) >= 11 is 0.952. The minimum atomic E-state index is -1.53. The van der Waals surface area contributed by atoms with Crippen molar-refractivity contribution >= 4 is 29.8 Å². The quantitative estimate of drug-likeness (QED) is 0.136. The lowest BCUT2D eigenvalue weighted by atomic mass is 10.1. The number of aliphatic imine (C=N–C) groups is 1. The van der Waals surface area contributed by atoms with Gasteiger partial charge in [-0.05, 0) is 55.2 Å². The van der Waals surface area contributed by atoms with Crippen molar-refractivity contribution in [3.8, 4) is 28.9 Å². The number of halogens is 2. The van der Waals surface area contributed by atoms with Gasteiger partial charge in [0.05, 0.1) is 6.20 Å². The summed E-state index contributed by atoms with van der Waals surface area (Å²) in [7, 11) is 1.77. The highest BCUT2D eigenvalue weighted by molar-refractivity contribution is 7.99. The molecule has 2 aromatic carbocycles. The van der Waals surface area contributed by atoms with E-state index in [0.29, 0.717) is 23.2 Å². The number of nitrogens with one attached hydrogen (secondary N) is 2. The van der Waals surface area contributed by atoms with Crippen LogP contribution >= 0.6 is 11.8 Å². The number of carboxylic acid groups (broad SMARTS) is 1. The highest BCUT2D eigenvalue weighted by Gasteiger charge is 2.27. The van der Waals surface area contributed by atoms with E-state index in [0.717, 1.165) is 11.8 Å². The SMILES string of the molecule is CN1CC=NC1c1cc(Sc2nnc(C(=O)O)c(=O)[nH]2)ccc1Oc1c(F)cnc(Oc2cc(C(=N)N)ccc2O)c1F. The first-order chi connectivity index (χ1) is 20.5. The Labute approximate surface area is 244 Å². The van der Waals surface area contributed by atoms with Crippen LogP contribution in [0.25, 0.3) is 0 Å². The number of carbonyl (C=O) groups is 1. The number of phenols is 1. The van der Waals surface area contributed by atoms with E-state index in [1.165, 1.54) is 30.3 Å². The number of aromatic nitrogens is 4. The predicted molar refractivity (Wildman–Crippen MR) is 147 cm³/mol. The Kier molecular flexibility index (Phi) is 8.00. The zero-order chi connectivity index (χ0) is 30.8. The van der Waals surface area contributed by atoms with Crippen molar-refractivity contribution in [3.63, 3.8) is 0 Å². The minimum absolute atomic E-state index is 0.00278. The Bertz CT molecular complexity index is 1850. The zero-order valence-electron chi connectivity index (χ0n) is 21.9. The van der Waals surface area contributed by atoms with Crippen molar-refractivity contribution in [1.29, 1.82) is 5.41 Å². The molecule has 17 heteroatoms. The van der Waals surface area contributed by atoms with Crippen LogP contribution in [0.3, 0.4) is 0 Å². The van der Waals surface area contributed by atoms with Crippen LogP contribution in [0, 0.1) is 17.0 Å². The number of aromatic carboxylic acids is 1. The third kappa shape index (κ3) is 6.11. The topological polar surface area (TPSA) is 213 Å². The molecule has 3 heterocycles. The summed E-state index contributed by atoms with van der Waals surface area (Å²) in [6.07, 6.45) is 1.73. The maximum atomic E-state index is 15.5. The van der Waals surface area contributed by atoms with Gasteiger partial charge in [0.2, 0.25) is 17.3 Å². The molecular weight excluding hydrogens is 590 g/mol. The Morgan fingerprint density at radius 2 is 1.98 bits per heavy atom. The van der Waals surface area contributed by atoms with Crippen LogP contribution < -0.4 is 20.8 Å². The molecular formula is C26H20F2N8O6S. The van der Waals surface area contributed by atoms with Crippen LogP contribution in [0.2, 0.25) is 0 Å². The third-order valence-corrected chi connectivity index (χ3v) is 6.84. The Morgan fingerprint density at radius 1 is 1.19 bits per heavy atom. The van der Waals surface area contributed by atoms with Crippen LogP contribution in [0.15, 0.2) is 62.4 Å². The number of benzene rings is 2. The number of aromatic hydroxyl groups is 1. The number of phenolic OH excluding ortho intramolecular Hbond substituents is 1. The summed E-state index contributed by atoms with van der Waals surface area (Å²) < 4.78 is 41.5. The highest BCUT2D eigenvalue weighted by Crippen LogP contribution is 2.41. The maximum absolute atomic E-state index is 15.5. The normalized spacial score (nSPS) is 14.5. The molecule has 0 bridgehead atoms. The zero-order valence-corrected chi connectivity index (χ0v) is 22.7. The van der Waals surface area contributed by atoms with Gasteiger partial charge in [-0.15, -0.1) is 10.2 Å². The van der Waals surface area contributed by atoms with Gasteiger partial charge >= 0.3 is 5.97 Å². The highest BCUT2D eigenvalue weighted by atomic mass is 32.2. The van der Waals surface area contributed by atoms with Crippen LogP contribution in [0.4, 0.5) is 8.78 Å². The summed E-state index contributed by atoms with van der Waals surface area (Å²) in [5, 5.41) is 33.8. The van der Waals surface area contributed by atoms with E-state index in [1.807, 2.05) is 4.90 Å². The molecule has 0 radical (unpaired) electrons. The predicted octanol–water partition coefficient (Wildman–Crippen LogP) is 3.28. The van der Waals surface area contributed by atoms with Gasteiger partial charge in [-0.2, -0.15) is 4.39 Å². The van der Waals surface area contributed by atoms with Gasteiger partial charge in [-0.1, -0.05) is 0 Å². The van der Waals surface area contributed by atoms with Gasteiger partial charge in [0.1, 0.15) is 17.8 Å². The van der Waals surface area contributed by atoms with Gasteiger partial charge in [-0.25, -0.2) is 14.2 Å². The fourth-order valence-corrected chi connectivity index (χ4v) is 4.66. The van der Waals surface area contributed by atoms with Crippen LogP contribution in [-0.4, -0.2) is 66.9 Å². The summed E-state index contributed by atoms with van der Waals surface area (Å²) in [4.78, 5) is 35.8. The summed E-state index contributed by atoms with van der Waals surface area (Å²) in [6.45, 7) is 0.482. The molecule has 6 N–H and O–H groups in total. The fraction of sp³-hybridized carbons (Fsp3) is 0.115. The maximum Gasteiger partial charge on any atom is 0.362 e. The Morgan fingerprint density at radius 3 is 2.65 bits per heavy atom. The molecule has 5 rings (SSSR count). The summed E-state index contributed by atoms with van der Waals surface area (Å²) in [6, 6.07) is 8.30. The smallest absolute Gasteiger partial charge is 0.362 e. The number of nitrogens with two attached hydrogens (primary N) is 1. The largest absolute Gasteiger partial charge is 0.504 e. The number of amidine groups is 1. The molecule has 1 unspecified atom stereocenters. The van der Waals surface area contributed by atoms with Crippen molar-refractivity contribution in [2.24, 2.45) is 10.7 Å². The second-order valence-corrected chi connectivity index (χ2v) is 9.98. The van der Waals surface area contributed by atoms with Crippen molar-refractivity contribution in [2.45, 2.75) is 16.2 Å². The van der Waals surface area contributed by atoms with Crippen LogP contribution in [-0.2, 0) is 0 Å². The Balaban J connectivity index is 1.49. The number of nitrogen functional groups attached to an aromatic ring is 1. The lowest BCUT2D eigenvalue weighted by Gasteiger charge is -2.22. The first kappa shape index (κ1) is 29.1. The van der Waals surface area contributed by atoms with Gasteiger partial charge in [0.15, 0.2) is 22.5 Å². The van der Waals surface area contributed by atoms with Crippen LogP contribution in [0.5, 0.6) is 28.9 Å². The minimum Gasteiger partial charge on any atom is -0.504 e.